The minimum atomic E-state index is -0.0594. The number of hydrogen-bond acceptors (Lipinski definition) is 3. The van der Waals surface area contributed by atoms with Crippen molar-refractivity contribution in [2.75, 3.05) is 13.1 Å². The minimum Gasteiger partial charge on any atom is -0.468 e. The third kappa shape index (κ3) is 4.53. The van der Waals surface area contributed by atoms with E-state index >= 15 is 0 Å². The molecule has 2 aliphatic rings. The van der Waals surface area contributed by atoms with Gasteiger partial charge in [-0.1, -0.05) is 43.5 Å². The number of amides is 2. The lowest BCUT2D eigenvalue weighted by Crippen LogP contribution is -2.46. The average Bonchev–Trinajstić information content (AvgIpc) is 3.23. The summed E-state index contributed by atoms with van der Waals surface area (Å²) in [6.07, 6.45) is 8.65. The molecule has 1 atom stereocenters. The molecule has 144 valence electrons. The Labute approximate surface area is 161 Å². The number of hydrogen-bond donors (Lipinski definition) is 2. The fourth-order valence-corrected chi connectivity index (χ4v) is 4.35. The molecule has 2 N–H and O–H groups in total. The Bertz CT molecular complexity index is 738. The molecule has 0 saturated heterocycles. The van der Waals surface area contributed by atoms with Gasteiger partial charge in [-0.05, 0) is 42.5 Å². The standard InChI is InChI=1S/C22H29N3O2/c26-22(24-19-9-2-1-3-10-19)23-15-20(21-11-6-14-27-21)25-13-12-17-7-4-5-8-18(17)16-25/h4-8,11,14,19-20H,1-3,9-10,12-13,15-16H2,(H2,23,24,26)/t20-/m1/s1. The summed E-state index contributed by atoms with van der Waals surface area (Å²) in [5.74, 6) is 0.910. The Balaban J connectivity index is 1.39. The first kappa shape index (κ1) is 18.1. The molecule has 1 aromatic heterocycles. The van der Waals surface area contributed by atoms with Gasteiger partial charge in [0.1, 0.15) is 5.76 Å². The van der Waals surface area contributed by atoms with E-state index in [0.29, 0.717) is 12.6 Å². The van der Waals surface area contributed by atoms with Gasteiger partial charge in [-0.25, -0.2) is 4.79 Å². The molecule has 1 aromatic carbocycles. The largest absolute Gasteiger partial charge is 0.468 e. The van der Waals surface area contributed by atoms with Crippen LogP contribution in [-0.2, 0) is 13.0 Å². The molecule has 27 heavy (non-hydrogen) atoms. The van der Waals surface area contributed by atoms with Gasteiger partial charge in [0.05, 0.1) is 12.3 Å². The van der Waals surface area contributed by atoms with Crippen molar-refractivity contribution in [3.05, 3.63) is 59.5 Å². The number of carbonyl (C=O) groups is 1. The van der Waals surface area contributed by atoms with Crippen LogP contribution < -0.4 is 10.6 Å². The van der Waals surface area contributed by atoms with E-state index in [1.807, 2.05) is 12.1 Å². The maximum absolute atomic E-state index is 12.4. The molecule has 5 nitrogen and oxygen atoms in total. The number of urea groups is 1. The maximum Gasteiger partial charge on any atom is 0.315 e. The van der Waals surface area contributed by atoms with Gasteiger partial charge < -0.3 is 15.1 Å². The summed E-state index contributed by atoms with van der Waals surface area (Å²) in [6, 6.07) is 12.8. The lowest BCUT2D eigenvalue weighted by molar-refractivity contribution is 0.154. The molecule has 2 aromatic rings. The smallest absolute Gasteiger partial charge is 0.315 e. The van der Waals surface area contributed by atoms with Crippen LogP contribution in [0.3, 0.4) is 0 Å². The molecular formula is C22H29N3O2. The molecule has 5 heteroatoms. The summed E-state index contributed by atoms with van der Waals surface area (Å²) < 4.78 is 5.71. The second-order valence-corrected chi connectivity index (χ2v) is 7.71. The van der Waals surface area contributed by atoms with E-state index in [-0.39, 0.29) is 12.1 Å². The van der Waals surface area contributed by atoms with Gasteiger partial charge in [0.25, 0.3) is 0 Å². The van der Waals surface area contributed by atoms with Gasteiger partial charge >= 0.3 is 6.03 Å². The number of nitrogens with zero attached hydrogens (tertiary/aromatic N) is 1. The van der Waals surface area contributed by atoms with Crippen molar-refractivity contribution in [1.29, 1.82) is 0 Å². The number of fused-ring (bicyclic) bond motifs is 1. The number of nitrogens with one attached hydrogen (secondary N) is 2. The number of benzene rings is 1. The second-order valence-electron chi connectivity index (χ2n) is 7.71. The highest BCUT2D eigenvalue weighted by atomic mass is 16.3. The van der Waals surface area contributed by atoms with Crippen LogP contribution in [0, 0.1) is 0 Å². The van der Waals surface area contributed by atoms with E-state index in [1.165, 1.54) is 30.4 Å². The lowest BCUT2D eigenvalue weighted by atomic mass is 9.96. The monoisotopic (exact) mass is 367 g/mol. The lowest BCUT2D eigenvalue weighted by Gasteiger charge is -2.34. The van der Waals surface area contributed by atoms with Gasteiger partial charge in [-0.3, -0.25) is 4.90 Å². The van der Waals surface area contributed by atoms with E-state index in [9.17, 15) is 4.79 Å². The van der Waals surface area contributed by atoms with E-state index in [2.05, 4.69) is 39.8 Å². The zero-order chi connectivity index (χ0) is 18.5. The van der Waals surface area contributed by atoms with Gasteiger partial charge in [-0.2, -0.15) is 0 Å². The Morgan fingerprint density at radius 2 is 1.93 bits per heavy atom. The molecule has 0 radical (unpaired) electrons. The summed E-state index contributed by atoms with van der Waals surface area (Å²) in [4.78, 5) is 14.8. The summed E-state index contributed by atoms with van der Waals surface area (Å²) in [5, 5.41) is 6.23. The van der Waals surface area contributed by atoms with Crippen LogP contribution in [0.15, 0.2) is 47.1 Å². The Hall–Kier alpha value is -2.27. The average molecular weight is 367 g/mol. The zero-order valence-corrected chi connectivity index (χ0v) is 15.8. The molecule has 4 rings (SSSR count). The quantitative estimate of drug-likeness (QED) is 0.839. The van der Waals surface area contributed by atoms with Crippen molar-refractivity contribution in [3.63, 3.8) is 0 Å². The molecule has 1 aliphatic heterocycles. The third-order valence-electron chi connectivity index (χ3n) is 5.87. The Kier molecular flexibility index (Phi) is 5.78. The molecule has 2 heterocycles. The fourth-order valence-electron chi connectivity index (χ4n) is 4.35. The Morgan fingerprint density at radius 1 is 1.11 bits per heavy atom. The van der Waals surface area contributed by atoms with Gasteiger partial charge in [-0.15, -0.1) is 0 Å². The predicted octanol–water partition coefficient (Wildman–Crippen LogP) is 4.01. The van der Waals surface area contributed by atoms with E-state index in [4.69, 9.17) is 4.42 Å². The van der Waals surface area contributed by atoms with Crippen LogP contribution in [0.2, 0.25) is 0 Å². The fraction of sp³-hybridized carbons (Fsp3) is 0.500. The third-order valence-corrected chi connectivity index (χ3v) is 5.87. The molecular weight excluding hydrogens is 338 g/mol. The highest BCUT2D eigenvalue weighted by Gasteiger charge is 2.27. The van der Waals surface area contributed by atoms with E-state index in [1.54, 1.807) is 6.26 Å². The van der Waals surface area contributed by atoms with Gasteiger partial charge in [0, 0.05) is 25.7 Å². The molecule has 1 aliphatic carbocycles. The number of rotatable bonds is 5. The van der Waals surface area contributed by atoms with Crippen molar-refractivity contribution < 1.29 is 9.21 Å². The molecule has 1 saturated carbocycles. The maximum atomic E-state index is 12.4. The van der Waals surface area contributed by atoms with Crippen LogP contribution in [0.25, 0.3) is 0 Å². The molecule has 0 bridgehead atoms. The minimum absolute atomic E-state index is 0.0467. The highest BCUT2D eigenvalue weighted by molar-refractivity contribution is 5.74. The normalized spacial score (nSPS) is 19.3. The molecule has 1 fully saturated rings. The van der Waals surface area contributed by atoms with Crippen molar-refractivity contribution >= 4 is 6.03 Å². The molecule has 0 unspecified atom stereocenters. The van der Waals surface area contributed by atoms with Crippen molar-refractivity contribution in [3.8, 4) is 0 Å². The first-order valence-corrected chi connectivity index (χ1v) is 10.2. The van der Waals surface area contributed by atoms with Crippen LogP contribution >= 0.6 is 0 Å². The second kappa shape index (κ2) is 8.61. The zero-order valence-electron chi connectivity index (χ0n) is 15.8. The van der Waals surface area contributed by atoms with Crippen LogP contribution in [-0.4, -0.2) is 30.1 Å². The molecule has 2 amide bonds. The van der Waals surface area contributed by atoms with Gasteiger partial charge in [0.15, 0.2) is 0 Å². The van der Waals surface area contributed by atoms with Gasteiger partial charge in [0.2, 0.25) is 0 Å². The van der Waals surface area contributed by atoms with Crippen LogP contribution in [0.5, 0.6) is 0 Å². The van der Waals surface area contributed by atoms with Crippen LogP contribution in [0.4, 0.5) is 4.79 Å². The topological polar surface area (TPSA) is 57.5 Å². The van der Waals surface area contributed by atoms with E-state index < -0.39 is 0 Å². The predicted molar refractivity (Wildman–Crippen MR) is 105 cm³/mol. The van der Waals surface area contributed by atoms with Crippen molar-refractivity contribution in [1.82, 2.24) is 15.5 Å². The molecule has 0 spiro atoms. The Morgan fingerprint density at radius 3 is 2.70 bits per heavy atom. The van der Waals surface area contributed by atoms with E-state index in [0.717, 1.165) is 38.1 Å². The van der Waals surface area contributed by atoms with Crippen LogP contribution in [0.1, 0.15) is 55.0 Å². The summed E-state index contributed by atoms with van der Waals surface area (Å²) in [7, 11) is 0. The number of furan rings is 1. The SMILES string of the molecule is O=C(NC[C@H](c1ccco1)N1CCc2ccccc2C1)NC1CCCCC1. The first-order chi connectivity index (χ1) is 13.3. The van der Waals surface area contributed by atoms with Crippen molar-refractivity contribution in [2.24, 2.45) is 0 Å². The summed E-state index contributed by atoms with van der Waals surface area (Å²) >= 11 is 0. The first-order valence-electron chi connectivity index (χ1n) is 10.2. The summed E-state index contributed by atoms with van der Waals surface area (Å²) in [5.41, 5.74) is 2.79. The highest BCUT2D eigenvalue weighted by Crippen LogP contribution is 2.28. The van der Waals surface area contributed by atoms with Crippen molar-refractivity contribution in [2.45, 2.75) is 57.2 Å². The summed E-state index contributed by atoms with van der Waals surface area (Å²) in [6.45, 7) is 2.40. The number of carbonyl (C=O) groups excluding carboxylic acids is 1.